The highest BCUT2D eigenvalue weighted by molar-refractivity contribution is 5.87. The topological polar surface area (TPSA) is 60.8 Å². The third-order valence-corrected chi connectivity index (χ3v) is 1.37. The lowest BCUT2D eigenvalue weighted by Gasteiger charge is -2.16. The summed E-state index contributed by atoms with van der Waals surface area (Å²) < 4.78 is 0. The normalized spacial score (nSPS) is 9.31. The minimum absolute atomic E-state index is 0.0249. The van der Waals surface area contributed by atoms with E-state index in [0.717, 1.165) is 7.11 Å². The first-order chi connectivity index (χ1) is 6.26. The van der Waals surface area contributed by atoms with Gasteiger partial charge in [-0.25, -0.2) is 0 Å². The van der Waals surface area contributed by atoms with E-state index in [4.69, 9.17) is 10.2 Å². The van der Waals surface area contributed by atoms with Gasteiger partial charge in [-0.1, -0.05) is 6.08 Å². The molecule has 0 heterocycles. The molecule has 0 aliphatic carbocycles. The first-order valence-electron chi connectivity index (χ1n) is 4.23. The van der Waals surface area contributed by atoms with Gasteiger partial charge in [0, 0.05) is 20.2 Å². The Morgan fingerprint density at radius 3 is 2.31 bits per heavy atom. The highest BCUT2D eigenvalue weighted by Crippen LogP contribution is 1.89. The number of aliphatic hydroxyl groups is 2. The number of rotatable bonds is 4. The summed E-state index contributed by atoms with van der Waals surface area (Å²) in [5, 5.41) is 15.6. The molecule has 0 aliphatic heterocycles. The third kappa shape index (κ3) is 7.49. The van der Waals surface area contributed by atoms with E-state index in [1.807, 2.05) is 6.92 Å². The van der Waals surface area contributed by atoms with Crippen LogP contribution in [0.15, 0.2) is 12.2 Å². The summed E-state index contributed by atoms with van der Waals surface area (Å²) in [5.74, 6) is -0.0379. The standard InChI is InChI=1S/C8H15NO2.CH4O/c1-3-5-8(11)9(4-2)6-7-10;1-2/h3,5,10H,4,6-7H2,1-2H3;2H,1H3/b5-3-;. The Hall–Kier alpha value is -0.870. The number of hydrogen-bond donors (Lipinski definition) is 2. The Bertz CT molecular complexity index is 146. The molecule has 0 atom stereocenters. The van der Waals surface area contributed by atoms with Crippen LogP contribution in [0, 0.1) is 0 Å². The number of allylic oxidation sites excluding steroid dienone is 1. The van der Waals surface area contributed by atoms with Crippen LogP contribution in [-0.4, -0.2) is 47.8 Å². The fourth-order valence-electron chi connectivity index (χ4n) is 0.793. The summed E-state index contributed by atoms with van der Waals surface area (Å²) >= 11 is 0. The number of amides is 1. The molecule has 0 saturated heterocycles. The van der Waals surface area contributed by atoms with E-state index in [-0.39, 0.29) is 12.5 Å². The molecule has 0 radical (unpaired) electrons. The van der Waals surface area contributed by atoms with E-state index in [1.54, 1.807) is 17.9 Å². The molecule has 2 N–H and O–H groups in total. The second-order valence-corrected chi connectivity index (χ2v) is 2.14. The van der Waals surface area contributed by atoms with Crippen LogP contribution >= 0.6 is 0 Å². The van der Waals surface area contributed by atoms with Crippen molar-refractivity contribution in [3.63, 3.8) is 0 Å². The quantitative estimate of drug-likeness (QED) is 0.612. The lowest BCUT2D eigenvalue weighted by Crippen LogP contribution is -2.31. The lowest BCUT2D eigenvalue weighted by molar-refractivity contribution is -0.126. The van der Waals surface area contributed by atoms with E-state index in [9.17, 15) is 4.79 Å². The predicted octanol–water partition coefficient (Wildman–Crippen LogP) is 0.0118. The van der Waals surface area contributed by atoms with E-state index in [0.29, 0.717) is 13.1 Å². The number of carbonyl (C=O) groups is 1. The molecule has 0 fully saturated rings. The monoisotopic (exact) mass is 189 g/mol. The zero-order valence-electron chi connectivity index (χ0n) is 8.53. The summed E-state index contributed by atoms with van der Waals surface area (Å²) in [6, 6.07) is 0. The Kier molecular flexibility index (Phi) is 12.5. The average Bonchev–Trinajstić information content (AvgIpc) is 2.17. The highest BCUT2D eigenvalue weighted by Gasteiger charge is 2.05. The second-order valence-electron chi connectivity index (χ2n) is 2.14. The number of hydrogen-bond acceptors (Lipinski definition) is 3. The van der Waals surface area contributed by atoms with Crippen molar-refractivity contribution in [2.45, 2.75) is 13.8 Å². The van der Waals surface area contributed by atoms with Gasteiger partial charge in [-0.3, -0.25) is 4.79 Å². The Morgan fingerprint density at radius 2 is 2.00 bits per heavy atom. The van der Waals surface area contributed by atoms with E-state index in [2.05, 4.69) is 0 Å². The Labute approximate surface area is 79.5 Å². The SMILES string of the molecule is C/C=C\C(=O)N(CC)CCO.CO. The maximum absolute atomic E-state index is 11.1. The zero-order valence-corrected chi connectivity index (χ0v) is 8.53. The number of nitrogens with zero attached hydrogens (tertiary/aromatic N) is 1. The van der Waals surface area contributed by atoms with Gasteiger partial charge >= 0.3 is 0 Å². The molecule has 0 spiro atoms. The molecule has 0 rings (SSSR count). The van der Waals surface area contributed by atoms with Gasteiger partial charge in [0.1, 0.15) is 0 Å². The fraction of sp³-hybridized carbons (Fsp3) is 0.667. The van der Waals surface area contributed by atoms with E-state index >= 15 is 0 Å². The molecule has 13 heavy (non-hydrogen) atoms. The summed E-state index contributed by atoms with van der Waals surface area (Å²) in [6.07, 6.45) is 3.20. The number of carbonyl (C=O) groups excluding carboxylic acids is 1. The maximum atomic E-state index is 11.1. The summed E-state index contributed by atoms with van der Waals surface area (Å²) in [7, 11) is 1.00. The molecule has 1 amide bonds. The maximum Gasteiger partial charge on any atom is 0.246 e. The molecule has 0 aromatic heterocycles. The minimum atomic E-state index is -0.0379. The summed E-state index contributed by atoms with van der Waals surface area (Å²) in [4.78, 5) is 12.7. The van der Waals surface area contributed by atoms with Crippen molar-refractivity contribution in [1.82, 2.24) is 4.90 Å². The van der Waals surface area contributed by atoms with Crippen LogP contribution in [0.1, 0.15) is 13.8 Å². The van der Waals surface area contributed by atoms with E-state index in [1.165, 1.54) is 6.08 Å². The van der Waals surface area contributed by atoms with Crippen LogP contribution in [0.3, 0.4) is 0 Å². The third-order valence-electron chi connectivity index (χ3n) is 1.37. The fourth-order valence-corrected chi connectivity index (χ4v) is 0.793. The molecule has 0 aliphatic rings. The van der Waals surface area contributed by atoms with Crippen molar-refractivity contribution >= 4 is 5.91 Å². The van der Waals surface area contributed by atoms with Gasteiger partial charge in [0.25, 0.3) is 0 Å². The molecular formula is C9H19NO3. The molecule has 78 valence electrons. The summed E-state index contributed by atoms with van der Waals surface area (Å²) in [5.41, 5.74) is 0. The first kappa shape index (κ1) is 14.6. The molecule has 0 bridgehead atoms. The largest absolute Gasteiger partial charge is 0.400 e. The van der Waals surface area contributed by atoms with Crippen molar-refractivity contribution in [2.24, 2.45) is 0 Å². The van der Waals surface area contributed by atoms with Crippen molar-refractivity contribution in [1.29, 1.82) is 0 Å². The molecule has 0 unspecified atom stereocenters. The van der Waals surface area contributed by atoms with Crippen molar-refractivity contribution in [2.75, 3.05) is 26.8 Å². The summed E-state index contributed by atoms with van der Waals surface area (Å²) in [6.45, 7) is 4.77. The van der Waals surface area contributed by atoms with Crippen molar-refractivity contribution < 1.29 is 15.0 Å². The zero-order chi connectivity index (χ0) is 10.7. The average molecular weight is 189 g/mol. The minimum Gasteiger partial charge on any atom is -0.400 e. The molecule has 4 nitrogen and oxygen atoms in total. The molecule has 0 aromatic rings. The van der Waals surface area contributed by atoms with Crippen LogP contribution in [0.2, 0.25) is 0 Å². The van der Waals surface area contributed by atoms with Gasteiger partial charge in [-0.2, -0.15) is 0 Å². The smallest absolute Gasteiger partial charge is 0.246 e. The predicted molar refractivity (Wildman–Crippen MR) is 52.3 cm³/mol. The Morgan fingerprint density at radius 1 is 1.46 bits per heavy atom. The van der Waals surface area contributed by atoms with Gasteiger partial charge in [-0.15, -0.1) is 0 Å². The highest BCUT2D eigenvalue weighted by atomic mass is 16.3. The second kappa shape index (κ2) is 11.1. The van der Waals surface area contributed by atoms with Crippen LogP contribution in [-0.2, 0) is 4.79 Å². The van der Waals surface area contributed by atoms with Gasteiger partial charge < -0.3 is 15.1 Å². The number of likely N-dealkylation sites (N-methyl/N-ethyl adjacent to an activating group) is 1. The Balaban J connectivity index is 0. The first-order valence-corrected chi connectivity index (χ1v) is 4.23. The molecule has 0 aromatic carbocycles. The van der Waals surface area contributed by atoms with Gasteiger partial charge in [0.15, 0.2) is 0 Å². The van der Waals surface area contributed by atoms with Gasteiger partial charge in [0.05, 0.1) is 6.61 Å². The molecular weight excluding hydrogens is 170 g/mol. The van der Waals surface area contributed by atoms with Gasteiger partial charge in [0.2, 0.25) is 5.91 Å². The van der Waals surface area contributed by atoms with Crippen LogP contribution in [0.5, 0.6) is 0 Å². The van der Waals surface area contributed by atoms with Crippen LogP contribution in [0.25, 0.3) is 0 Å². The molecule has 0 saturated carbocycles. The lowest BCUT2D eigenvalue weighted by atomic mass is 10.4. The van der Waals surface area contributed by atoms with Crippen LogP contribution in [0.4, 0.5) is 0 Å². The molecule has 4 heteroatoms. The number of aliphatic hydroxyl groups excluding tert-OH is 2. The van der Waals surface area contributed by atoms with Crippen LogP contribution < -0.4 is 0 Å². The van der Waals surface area contributed by atoms with Crippen molar-refractivity contribution in [3.8, 4) is 0 Å². The van der Waals surface area contributed by atoms with E-state index < -0.39 is 0 Å². The van der Waals surface area contributed by atoms with Crippen molar-refractivity contribution in [3.05, 3.63) is 12.2 Å². The van der Waals surface area contributed by atoms with Gasteiger partial charge in [-0.05, 0) is 19.9 Å².